The van der Waals surface area contributed by atoms with Gasteiger partial charge in [-0.2, -0.15) is 11.8 Å². The van der Waals surface area contributed by atoms with Gasteiger partial charge in [0.05, 0.1) is 6.54 Å². The maximum atomic E-state index is 11.9. The summed E-state index contributed by atoms with van der Waals surface area (Å²) in [6.07, 6.45) is 0. The number of carbonyl (C=O) groups is 2. The molecule has 1 fully saturated rings. The van der Waals surface area contributed by atoms with Crippen LogP contribution in [0.2, 0.25) is 0 Å². The van der Waals surface area contributed by atoms with Gasteiger partial charge in [0, 0.05) is 35.8 Å². The maximum absolute atomic E-state index is 11.9. The van der Waals surface area contributed by atoms with Gasteiger partial charge in [-0.05, 0) is 24.3 Å². The van der Waals surface area contributed by atoms with E-state index in [9.17, 15) is 9.59 Å². The molecule has 0 spiro atoms. The number of thioether (sulfide) groups is 1. The highest BCUT2D eigenvalue weighted by atomic mass is 32.2. The zero-order valence-electron chi connectivity index (χ0n) is 10.6. The average molecular weight is 279 g/mol. The van der Waals surface area contributed by atoms with Gasteiger partial charge in [-0.1, -0.05) is 0 Å². The number of nitrogens with zero attached hydrogens (tertiary/aromatic N) is 1. The van der Waals surface area contributed by atoms with Crippen molar-refractivity contribution in [1.29, 1.82) is 0 Å². The highest BCUT2D eigenvalue weighted by Crippen LogP contribution is 2.09. The summed E-state index contributed by atoms with van der Waals surface area (Å²) >= 11 is 1.85. The molecule has 0 radical (unpaired) electrons. The Morgan fingerprint density at radius 1 is 1.21 bits per heavy atom. The first kappa shape index (κ1) is 13.7. The smallest absolute Gasteiger partial charge is 0.251 e. The summed E-state index contributed by atoms with van der Waals surface area (Å²) in [7, 11) is 0. The molecule has 2 rings (SSSR count). The molecule has 1 aromatic rings. The van der Waals surface area contributed by atoms with Crippen molar-refractivity contribution in [2.24, 2.45) is 0 Å². The van der Waals surface area contributed by atoms with E-state index in [1.165, 1.54) is 0 Å². The van der Waals surface area contributed by atoms with E-state index in [2.05, 4.69) is 5.32 Å². The van der Waals surface area contributed by atoms with Crippen LogP contribution < -0.4 is 11.1 Å². The average Bonchev–Trinajstić information content (AvgIpc) is 2.46. The fourth-order valence-electron chi connectivity index (χ4n) is 1.82. The SMILES string of the molecule is Nc1ccc(C(=O)NCC(=O)N2CCSCC2)cc1. The van der Waals surface area contributed by atoms with Crippen LogP contribution in [-0.4, -0.2) is 47.9 Å². The molecule has 1 heterocycles. The summed E-state index contributed by atoms with van der Waals surface area (Å²) < 4.78 is 0. The Balaban J connectivity index is 1.82. The normalized spacial score (nSPS) is 15.1. The summed E-state index contributed by atoms with van der Waals surface area (Å²) in [5, 5.41) is 2.64. The summed E-state index contributed by atoms with van der Waals surface area (Å²) in [5.74, 6) is 1.67. The molecule has 0 saturated carbocycles. The molecule has 6 heteroatoms. The van der Waals surface area contributed by atoms with Crippen molar-refractivity contribution in [3.63, 3.8) is 0 Å². The van der Waals surface area contributed by atoms with Gasteiger partial charge in [-0.15, -0.1) is 0 Å². The highest BCUT2D eigenvalue weighted by molar-refractivity contribution is 7.99. The lowest BCUT2D eigenvalue weighted by atomic mass is 10.2. The van der Waals surface area contributed by atoms with Crippen molar-refractivity contribution in [2.75, 3.05) is 36.9 Å². The van der Waals surface area contributed by atoms with Crippen LogP contribution >= 0.6 is 11.8 Å². The largest absolute Gasteiger partial charge is 0.399 e. The molecule has 1 aliphatic heterocycles. The Hall–Kier alpha value is -1.69. The van der Waals surface area contributed by atoms with E-state index < -0.39 is 0 Å². The van der Waals surface area contributed by atoms with Crippen molar-refractivity contribution >= 4 is 29.3 Å². The summed E-state index contributed by atoms with van der Waals surface area (Å²) in [4.78, 5) is 25.5. The molecule has 3 N–H and O–H groups in total. The first-order chi connectivity index (χ1) is 9.16. The number of nitrogens with one attached hydrogen (secondary N) is 1. The molecular weight excluding hydrogens is 262 g/mol. The van der Waals surface area contributed by atoms with Crippen LogP contribution in [0.5, 0.6) is 0 Å². The van der Waals surface area contributed by atoms with Gasteiger partial charge < -0.3 is 16.0 Å². The molecule has 0 aromatic heterocycles. The second kappa shape index (κ2) is 6.47. The minimum Gasteiger partial charge on any atom is -0.399 e. The third kappa shape index (κ3) is 3.89. The van der Waals surface area contributed by atoms with Gasteiger partial charge in [-0.3, -0.25) is 9.59 Å². The van der Waals surface area contributed by atoms with Crippen LogP contribution in [0, 0.1) is 0 Å². The summed E-state index contributed by atoms with van der Waals surface area (Å²) in [6, 6.07) is 6.62. The molecule has 0 unspecified atom stereocenters. The van der Waals surface area contributed by atoms with Gasteiger partial charge in [-0.25, -0.2) is 0 Å². The van der Waals surface area contributed by atoms with E-state index in [0.29, 0.717) is 11.3 Å². The molecule has 2 amide bonds. The zero-order valence-corrected chi connectivity index (χ0v) is 11.4. The third-order valence-corrected chi connectivity index (χ3v) is 3.88. The van der Waals surface area contributed by atoms with Crippen molar-refractivity contribution in [3.05, 3.63) is 29.8 Å². The topological polar surface area (TPSA) is 75.4 Å². The number of carbonyl (C=O) groups excluding carboxylic acids is 2. The number of hydrogen-bond acceptors (Lipinski definition) is 4. The Bertz CT molecular complexity index is 455. The van der Waals surface area contributed by atoms with Gasteiger partial charge in [0.15, 0.2) is 0 Å². The van der Waals surface area contributed by atoms with E-state index >= 15 is 0 Å². The van der Waals surface area contributed by atoms with Gasteiger partial charge in [0.2, 0.25) is 5.91 Å². The fraction of sp³-hybridized carbons (Fsp3) is 0.385. The van der Waals surface area contributed by atoms with Gasteiger partial charge in [0.25, 0.3) is 5.91 Å². The van der Waals surface area contributed by atoms with E-state index in [1.54, 1.807) is 29.2 Å². The Morgan fingerprint density at radius 3 is 2.47 bits per heavy atom. The number of anilines is 1. The van der Waals surface area contributed by atoms with E-state index in [0.717, 1.165) is 24.6 Å². The molecule has 5 nitrogen and oxygen atoms in total. The second-order valence-electron chi connectivity index (χ2n) is 4.30. The molecule has 1 aliphatic rings. The van der Waals surface area contributed by atoms with Crippen molar-refractivity contribution in [1.82, 2.24) is 10.2 Å². The molecule has 1 aromatic carbocycles. The lowest BCUT2D eigenvalue weighted by molar-refractivity contribution is -0.129. The number of amides is 2. The Morgan fingerprint density at radius 2 is 1.84 bits per heavy atom. The summed E-state index contributed by atoms with van der Waals surface area (Å²) in [5.41, 5.74) is 6.67. The lowest BCUT2D eigenvalue weighted by Gasteiger charge is -2.26. The maximum Gasteiger partial charge on any atom is 0.251 e. The van der Waals surface area contributed by atoms with Crippen molar-refractivity contribution in [3.8, 4) is 0 Å². The van der Waals surface area contributed by atoms with Crippen LogP contribution in [0.25, 0.3) is 0 Å². The number of hydrogen-bond donors (Lipinski definition) is 2. The quantitative estimate of drug-likeness (QED) is 0.793. The molecular formula is C13H17N3O2S. The van der Waals surface area contributed by atoms with Crippen LogP contribution in [0.15, 0.2) is 24.3 Å². The van der Waals surface area contributed by atoms with Gasteiger partial charge in [0.1, 0.15) is 0 Å². The summed E-state index contributed by atoms with van der Waals surface area (Å²) in [6.45, 7) is 1.58. The molecule has 0 aliphatic carbocycles. The van der Waals surface area contributed by atoms with Crippen LogP contribution in [0.1, 0.15) is 10.4 Å². The van der Waals surface area contributed by atoms with Crippen molar-refractivity contribution in [2.45, 2.75) is 0 Å². The van der Waals surface area contributed by atoms with Crippen molar-refractivity contribution < 1.29 is 9.59 Å². The van der Waals surface area contributed by atoms with Crippen LogP contribution in [0.4, 0.5) is 5.69 Å². The van der Waals surface area contributed by atoms with E-state index in [-0.39, 0.29) is 18.4 Å². The predicted molar refractivity (Wildman–Crippen MR) is 77.1 cm³/mol. The molecule has 0 atom stereocenters. The van der Waals surface area contributed by atoms with E-state index in [4.69, 9.17) is 5.73 Å². The number of rotatable bonds is 3. The Labute approximate surface area is 116 Å². The minimum atomic E-state index is -0.250. The number of nitrogen functional groups attached to an aromatic ring is 1. The molecule has 102 valence electrons. The standard InChI is InChI=1S/C13H17N3O2S/c14-11-3-1-10(2-4-11)13(18)15-9-12(17)16-5-7-19-8-6-16/h1-4H,5-9,14H2,(H,15,18). The lowest BCUT2D eigenvalue weighted by Crippen LogP contribution is -2.43. The highest BCUT2D eigenvalue weighted by Gasteiger charge is 2.17. The molecule has 0 bridgehead atoms. The first-order valence-electron chi connectivity index (χ1n) is 6.16. The fourth-order valence-corrected chi connectivity index (χ4v) is 2.72. The molecule has 19 heavy (non-hydrogen) atoms. The van der Waals surface area contributed by atoms with Crippen LogP contribution in [0.3, 0.4) is 0 Å². The number of nitrogens with two attached hydrogens (primary N) is 1. The van der Waals surface area contributed by atoms with E-state index in [1.807, 2.05) is 11.8 Å². The van der Waals surface area contributed by atoms with Gasteiger partial charge >= 0.3 is 0 Å². The zero-order chi connectivity index (χ0) is 13.7. The third-order valence-electron chi connectivity index (χ3n) is 2.94. The predicted octanol–water partition coefficient (Wildman–Crippen LogP) is 0.574. The Kier molecular flexibility index (Phi) is 4.68. The second-order valence-corrected chi connectivity index (χ2v) is 5.52. The first-order valence-corrected chi connectivity index (χ1v) is 7.31. The minimum absolute atomic E-state index is 0.0240. The van der Waals surface area contributed by atoms with Crippen LogP contribution in [-0.2, 0) is 4.79 Å². The number of benzene rings is 1. The monoisotopic (exact) mass is 279 g/mol. The molecule has 1 saturated heterocycles.